The molecule has 1 N–H and O–H groups in total. The van der Waals surface area contributed by atoms with E-state index in [9.17, 15) is 9.59 Å². The van der Waals surface area contributed by atoms with Gasteiger partial charge in [0.15, 0.2) is 5.82 Å². The van der Waals surface area contributed by atoms with Crippen molar-refractivity contribution in [1.29, 1.82) is 0 Å². The molecule has 1 aromatic carbocycles. The van der Waals surface area contributed by atoms with E-state index in [1.54, 1.807) is 4.90 Å². The highest BCUT2D eigenvalue weighted by Crippen LogP contribution is 2.25. The molecule has 1 aliphatic rings. The van der Waals surface area contributed by atoms with Crippen molar-refractivity contribution in [2.24, 2.45) is 5.92 Å². The maximum atomic E-state index is 13.2. The van der Waals surface area contributed by atoms with Gasteiger partial charge in [0.1, 0.15) is 12.1 Å². The Labute approximate surface area is 169 Å². The van der Waals surface area contributed by atoms with Crippen molar-refractivity contribution >= 4 is 28.5 Å². The van der Waals surface area contributed by atoms with Crippen LogP contribution in [0, 0.1) is 5.92 Å². The minimum absolute atomic E-state index is 0.0851. The van der Waals surface area contributed by atoms with Gasteiger partial charge < -0.3 is 15.0 Å². The van der Waals surface area contributed by atoms with Crippen LogP contribution in [0.5, 0.6) is 0 Å². The van der Waals surface area contributed by atoms with E-state index in [1.165, 1.54) is 18.6 Å². The van der Waals surface area contributed by atoms with E-state index < -0.39 is 12.1 Å². The van der Waals surface area contributed by atoms with Gasteiger partial charge in [0, 0.05) is 23.6 Å². The lowest BCUT2D eigenvalue weighted by Gasteiger charge is -2.28. The van der Waals surface area contributed by atoms with Gasteiger partial charge in [-0.25, -0.2) is 4.79 Å². The number of carbonyl (C=O) groups is 2. The molecule has 2 heterocycles. The average molecular weight is 403 g/mol. The zero-order chi connectivity index (χ0) is 20.1. The Morgan fingerprint density at radius 3 is 2.75 bits per heavy atom. The van der Waals surface area contributed by atoms with E-state index in [0.717, 1.165) is 12.0 Å². The summed E-state index contributed by atoms with van der Waals surface area (Å²) in [4.78, 5) is 31.4. The van der Waals surface area contributed by atoms with E-state index in [1.807, 2.05) is 30.3 Å². The molecule has 3 rings (SSSR count). The molecule has 2 atom stereocenters. The molecule has 8 heteroatoms. The Hall–Kier alpha value is -2.48. The summed E-state index contributed by atoms with van der Waals surface area (Å²) in [5.41, 5.74) is 0.934. The number of nitrogens with zero attached hydrogens (tertiary/aromatic N) is 3. The maximum Gasteiger partial charge on any atom is 0.328 e. The molecule has 1 saturated heterocycles. The molecule has 1 amide bonds. The van der Waals surface area contributed by atoms with Crippen molar-refractivity contribution in [3.05, 3.63) is 30.3 Å². The molecule has 2 aromatic rings. The van der Waals surface area contributed by atoms with Crippen LogP contribution >= 0.6 is 11.5 Å². The summed E-state index contributed by atoms with van der Waals surface area (Å²) in [5, 5.41) is 3.86. The number of hydrogen-bond acceptors (Lipinski definition) is 7. The summed E-state index contributed by atoms with van der Waals surface area (Å²) >= 11 is 1.24. The fourth-order valence-corrected chi connectivity index (χ4v) is 4.08. The first-order valence-corrected chi connectivity index (χ1v) is 10.3. The van der Waals surface area contributed by atoms with Gasteiger partial charge in [0.2, 0.25) is 11.0 Å². The van der Waals surface area contributed by atoms with Crippen LogP contribution in [0.3, 0.4) is 0 Å². The van der Waals surface area contributed by atoms with E-state index in [-0.39, 0.29) is 11.9 Å². The van der Waals surface area contributed by atoms with E-state index in [0.29, 0.717) is 36.3 Å². The monoisotopic (exact) mass is 402 g/mol. The van der Waals surface area contributed by atoms with Gasteiger partial charge in [-0.1, -0.05) is 44.2 Å². The molecule has 0 radical (unpaired) electrons. The number of esters is 1. The number of amides is 1. The first-order chi connectivity index (χ1) is 13.5. The largest absolute Gasteiger partial charge is 0.467 e. The lowest BCUT2D eigenvalue weighted by molar-refractivity contribution is -0.151. The predicted octanol–water partition coefficient (Wildman–Crippen LogP) is 3.20. The molecule has 7 nitrogen and oxygen atoms in total. The zero-order valence-electron chi connectivity index (χ0n) is 16.4. The van der Waals surface area contributed by atoms with Gasteiger partial charge in [-0.05, 0) is 25.2 Å². The Kier molecular flexibility index (Phi) is 6.61. The second-order valence-corrected chi connectivity index (χ2v) is 8.08. The Morgan fingerprint density at radius 2 is 2.07 bits per heavy atom. The number of carbonyl (C=O) groups excluding carboxylic acids is 2. The standard InChI is InChI=1S/C20H26N4O3S/c1-13(2)12-15(18(25)24-11-7-10-16(24)19(26)27-3)21-20-22-17(23-28-20)14-8-5-4-6-9-14/h4-6,8-9,13,15-16H,7,10-12H2,1-3H3,(H,21,22,23)/t15-,16-/m0/s1. The Balaban J connectivity index is 1.76. The predicted molar refractivity (Wildman–Crippen MR) is 109 cm³/mol. The number of nitrogens with one attached hydrogen (secondary N) is 1. The number of ether oxygens (including phenoxy) is 1. The quantitative estimate of drug-likeness (QED) is 0.716. The topological polar surface area (TPSA) is 84.4 Å². The third-order valence-electron chi connectivity index (χ3n) is 4.77. The molecular formula is C20H26N4O3S. The van der Waals surface area contributed by atoms with Crippen molar-refractivity contribution in [3.63, 3.8) is 0 Å². The van der Waals surface area contributed by atoms with Crippen LogP contribution in [-0.2, 0) is 14.3 Å². The first-order valence-electron chi connectivity index (χ1n) is 9.53. The fraction of sp³-hybridized carbons (Fsp3) is 0.500. The molecule has 0 spiro atoms. The number of hydrogen-bond donors (Lipinski definition) is 1. The van der Waals surface area contributed by atoms with Crippen LogP contribution in [0.4, 0.5) is 5.13 Å². The minimum Gasteiger partial charge on any atom is -0.467 e. The van der Waals surface area contributed by atoms with E-state index in [2.05, 4.69) is 28.5 Å². The normalized spacial score (nSPS) is 17.6. The van der Waals surface area contributed by atoms with Crippen LogP contribution in [0.1, 0.15) is 33.1 Å². The third kappa shape index (κ3) is 4.67. The second-order valence-electron chi connectivity index (χ2n) is 7.33. The highest BCUT2D eigenvalue weighted by molar-refractivity contribution is 7.09. The molecule has 0 unspecified atom stereocenters. The SMILES string of the molecule is COC(=O)[C@@H]1CCCN1C(=O)[C@H](CC(C)C)Nc1nc(-c2ccccc2)ns1. The molecule has 28 heavy (non-hydrogen) atoms. The van der Waals surface area contributed by atoms with E-state index >= 15 is 0 Å². The van der Waals surface area contributed by atoms with Crippen LogP contribution in [0.2, 0.25) is 0 Å². The van der Waals surface area contributed by atoms with Gasteiger partial charge in [-0.15, -0.1) is 0 Å². The van der Waals surface area contributed by atoms with Crippen molar-refractivity contribution in [2.75, 3.05) is 19.0 Å². The molecular weight excluding hydrogens is 376 g/mol. The number of anilines is 1. The number of rotatable bonds is 7. The van der Waals surface area contributed by atoms with Gasteiger partial charge in [-0.2, -0.15) is 9.36 Å². The van der Waals surface area contributed by atoms with Crippen molar-refractivity contribution < 1.29 is 14.3 Å². The van der Waals surface area contributed by atoms with E-state index in [4.69, 9.17) is 4.74 Å². The van der Waals surface area contributed by atoms with Gasteiger partial charge in [0.25, 0.3) is 0 Å². The van der Waals surface area contributed by atoms with Crippen LogP contribution in [0.25, 0.3) is 11.4 Å². The molecule has 1 aliphatic heterocycles. The Morgan fingerprint density at radius 1 is 1.32 bits per heavy atom. The number of aromatic nitrogens is 2. The highest BCUT2D eigenvalue weighted by atomic mass is 32.1. The fourth-order valence-electron chi connectivity index (χ4n) is 3.44. The summed E-state index contributed by atoms with van der Waals surface area (Å²) in [5.74, 6) is 0.508. The average Bonchev–Trinajstić information content (AvgIpc) is 3.36. The maximum absolute atomic E-state index is 13.2. The molecule has 0 saturated carbocycles. The molecule has 1 fully saturated rings. The summed E-state index contributed by atoms with van der Waals surface area (Å²) < 4.78 is 9.27. The smallest absolute Gasteiger partial charge is 0.328 e. The molecule has 1 aromatic heterocycles. The summed E-state index contributed by atoms with van der Waals surface area (Å²) in [6.45, 7) is 4.71. The van der Waals surface area contributed by atoms with Crippen LogP contribution < -0.4 is 5.32 Å². The zero-order valence-corrected chi connectivity index (χ0v) is 17.2. The molecule has 0 bridgehead atoms. The molecule has 150 valence electrons. The number of benzene rings is 1. The van der Waals surface area contributed by atoms with Gasteiger partial charge in [-0.3, -0.25) is 4.79 Å². The van der Waals surface area contributed by atoms with Crippen molar-refractivity contribution in [2.45, 2.75) is 45.2 Å². The second kappa shape index (κ2) is 9.14. The third-order valence-corrected chi connectivity index (χ3v) is 5.42. The van der Waals surface area contributed by atoms with Crippen LogP contribution in [0.15, 0.2) is 30.3 Å². The summed E-state index contributed by atoms with van der Waals surface area (Å²) in [6, 6.07) is 8.77. The lowest BCUT2D eigenvalue weighted by atomic mass is 10.0. The van der Waals surface area contributed by atoms with Gasteiger partial charge >= 0.3 is 5.97 Å². The first kappa shape index (κ1) is 20.3. The summed E-state index contributed by atoms with van der Waals surface area (Å²) in [6.07, 6.45) is 2.09. The minimum atomic E-state index is -0.497. The van der Waals surface area contributed by atoms with Crippen LogP contribution in [-0.4, -0.2) is 51.9 Å². The summed E-state index contributed by atoms with van der Waals surface area (Å²) in [7, 11) is 1.36. The molecule has 0 aliphatic carbocycles. The van der Waals surface area contributed by atoms with Crippen molar-refractivity contribution in [1.82, 2.24) is 14.3 Å². The Bertz CT molecular complexity index is 809. The lowest BCUT2D eigenvalue weighted by Crippen LogP contribution is -2.48. The highest BCUT2D eigenvalue weighted by Gasteiger charge is 2.38. The number of likely N-dealkylation sites (tertiary alicyclic amines) is 1. The van der Waals surface area contributed by atoms with Crippen molar-refractivity contribution in [3.8, 4) is 11.4 Å². The van der Waals surface area contributed by atoms with Gasteiger partial charge in [0.05, 0.1) is 7.11 Å². The number of methoxy groups -OCH3 is 1.